The minimum Gasteiger partial charge on any atom is -0.379 e. The lowest BCUT2D eigenvalue weighted by Crippen LogP contribution is -2.25. The van der Waals surface area contributed by atoms with Gasteiger partial charge in [-0.05, 0) is 20.8 Å². The van der Waals surface area contributed by atoms with E-state index >= 15 is 0 Å². The molecular formula is C28H44N12O. The summed E-state index contributed by atoms with van der Waals surface area (Å²) in [6.45, 7) is 13.1. The van der Waals surface area contributed by atoms with Gasteiger partial charge in [0.15, 0.2) is 17.5 Å². The monoisotopic (exact) mass is 564 g/mol. The maximum Gasteiger partial charge on any atom is 0.227 e. The standard InChI is InChI=1S/C28H44N12O/c1-27(2,3)24-32-20(15-38(24)8)31-23(41)11-12-29-25-33-21(17-39(25)9)35-26-34-19(16-40(26)10)30-22-13-18(14-37(22)7)36-28(4,5)6/h13-17,30,36H,11-12H2,1-10H3,(H,29,33)(H,31,41)(H,34,35). The first kappa shape index (κ1) is 29.6. The second-order valence-corrected chi connectivity index (χ2v) is 12.5. The maximum absolute atomic E-state index is 12.5. The molecule has 13 nitrogen and oxygen atoms in total. The molecule has 0 unspecified atom stereocenters. The van der Waals surface area contributed by atoms with E-state index < -0.39 is 0 Å². The van der Waals surface area contributed by atoms with Gasteiger partial charge in [0.05, 0.1) is 5.69 Å². The number of anilines is 7. The molecule has 0 atom stereocenters. The fourth-order valence-corrected chi connectivity index (χ4v) is 4.49. The Labute approximate surface area is 241 Å². The first-order chi connectivity index (χ1) is 19.1. The van der Waals surface area contributed by atoms with E-state index in [-0.39, 0.29) is 23.3 Å². The minimum absolute atomic E-state index is 0.0281. The van der Waals surface area contributed by atoms with E-state index in [0.29, 0.717) is 35.9 Å². The van der Waals surface area contributed by atoms with Gasteiger partial charge in [-0.2, -0.15) is 9.97 Å². The molecule has 0 saturated carbocycles. The maximum atomic E-state index is 12.5. The summed E-state index contributed by atoms with van der Waals surface area (Å²) in [5.74, 6) is 4.91. The Morgan fingerprint density at radius 2 is 1.37 bits per heavy atom. The zero-order chi connectivity index (χ0) is 30.1. The smallest absolute Gasteiger partial charge is 0.227 e. The second-order valence-electron chi connectivity index (χ2n) is 12.5. The van der Waals surface area contributed by atoms with Crippen LogP contribution in [0.15, 0.2) is 30.9 Å². The summed E-state index contributed by atoms with van der Waals surface area (Å²) >= 11 is 0. The lowest BCUT2D eigenvalue weighted by Gasteiger charge is -2.20. The Bertz CT molecular complexity index is 1510. The van der Waals surface area contributed by atoms with Gasteiger partial charge in [-0.15, -0.1) is 0 Å². The molecule has 5 N–H and O–H groups in total. The van der Waals surface area contributed by atoms with E-state index in [1.807, 2.05) is 71.2 Å². The Balaban J connectivity index is 1.31. The zero-order valence-corrected chi connectivity index (χ0v) is 25.8. The Morgan fingerprint density at radius 1 is 0.756 bits per heavy atom. The van der Waals surface area contributed by atoms with E-state index in [4.69, 9.17) is 0 Å². The highest BCUT2D eigenvalue weighted by molar-refractivity contribution is 5.90. The molecule has 4 aromatic rings. The SMILES string of the molecule is Cn1cc(NC(C)(C)C)cc1Nc1cn(C)c(Nc2cn(C)c(NCCC(=O)Nc3cn(C)c(C(C)(C)C)n3)n2)n1. The average molecular weight is 565 g/mol. The molecule has 4 heterocycles. The predicted octanol–water partition coefficient (Wildman–Crippen LogP) is 4.66. The summed E-state index contributed by atoms with van der Waals surface area (Å²) in [5.41, 5.74) is 0.903. The van der Waals surface area contributed by atoms with Crippen LogP contribution in [0.1, 0.15) is 53.8 Å². The number of hydrogen-bond acceptors (Lipinski definition) is 8. The van der Waals surface area contributed by atoms with E-state index in [1.165, 1.54) is 0 Å². The molecule has 0 aliphatic rings. The van der Waals surface area contributed by atoms with Crippen molar-refractivity contribution in [2.75, 3.05) is 33.1 Å². The van der Waals surface area contributed by atoms with Gasteiger partial charge in [0.25, 0.3) is 0 Å². The van der Waals surface area contributed by atoms with E-state index in [1.54, 1.807) is 0 Å². The number of aryl methyl sites for hydroxylation is 4. The molecule has 0 radical (unpaired) electrons. The number of nitrogens with one attached hydrogen (secondary N) is 5. The number of imidazole rings is 3. The Kier molecular flexibility index (Phi) is 8.09. The third kappa shape index (κ3) is 7.62. The van der Waals surface area contributed by atoms with Crippen LogP contribution in [0.4, 0.5) is 40.9 Å². The van der Waals surface area contributed by atoms with Crippen LogP contribution in [0.2, 0.25) is 0 Å². The quantitative estimate of drug-likeness (QED) is 0.188. The summed E-state index contributed by atoms with van der Waals surface area (Å²) in [6, 6.07) is 2.06. The summed E-state index contributed by atoms with van der Waals surface area (Å²) in [7, 11) is 7.74. The van der Waals surface area contributed by atoms with E-state index in [9.17, 15) is 4.79 Å². The molecule has 41 heavy (non-hydrogen) atoms. The van der Waals surface area contributed by atoms with Crippen LogP contribution in [0.3, 0.4) is 0 Å². The van der Waals surface area contributed by atoms with Crippen molar-refractivity contribution in [1.29, 1.82) is 0 Å². The van der Waals surface area contributed by atoms with Crippen LogP contribution in [-0.4, -0.2) is 51.2 Å². The van der Waals surface area contributed by atoms with Crippen molar-refractivity contribution in [1.82, 2.24) is 33.2 Å². The van der Waals surface area contributed by atoms with Crippen molar-refractivity contribution in [2.45, 2.75) is 58.9 Å². The summed E-state index contributed by atoms with van der Waals surface area (Å²) < 4.78 is 7.73. The minimum atomic E-state index is -0.115. The lowest BCUT2D eigenvalue weighted by atomic mass is 9.96. The molecule has 4 rings (SSSR count). The van der Waals surface area contributed by atoms with Crippen molar-refractivity contribution in [3.63, 3.8) is 0 Å². The fraction of sp³-hybridized carbons (Fsp3) is 0.500. The van der Waals surface area contributed by atoms with Crippen molar-refractivity contribution >= 4 is 46.8 Å². The third-order valence-electron chi connectivity index (χ3n) is 6.22. The number of carbonyl (C=O) groups is 1. The Hall–Kier alpha value is -4.42. The molecule has 0 fully saturated rings. The number of carbonyl (C=O) groups excluding carboxylic acids is 1. The number of rotatable bonds is 10. The van der Waals surface area contributed by atoms with Gasteiger partial charge >= 0.3 is 0 Å². The van der Waals surface area contributed by atoms with Crippen LogP contribution in [0.5, 0.6) is 0 Å². The fourth-order valence-electron chi connectivity index (χ4n) is 4.49. The molecule has 0 aliphatic carbocycles. The number of aromatic nitrogens is 7. The average Bonchev–Trinajstić information content (AvgIpc) is 3.55. The molecule has 0 spiro atoms. The van der Waals surface area contributed by atoms with E-state index in [0.717, 1.165) is 17.3 Å². The van der Waals surface area contributed by atoms with Crippen molar-refractivity contribution in [2.24, 2.45) is 28.2 Å². The summed E-state index contributed by atoms with van der Waals surface area (Å²) in [4.78, 5) is 26.4. The van der Waals surface area contributed by atoms with Gasteiger partial charge in [-0.1, -0.05) is 20.8 Å². The summed E-state index contributed by atoms with van der Waals surface area (Å²) in [5, 5.41) is 16.2. The molecule has 0 aliphatic heterocycles. The first-order valence-electron chi connectivity index (χ1n) is 13.7. The predicted molar refractivity (Wildman–Crippen MR) is 165 cm³/mol. The second kappa shape index (κ2) is 11.2. The highest BCUT2D eigenvalue weighted by Gasteiger charge is 2.21. The van der Waals surface area contributed by atoms with E-state index in [2.05, 4.69) is 89.1 Å². The van der Waals surface area contributed by atoms with Crippen LogP contribution in [0, 0.1) is 0 Å². The highest BCUT2D eigenvalue weighted by atomic mass is 16.1. The molecule has 13 heteroatoms. The van der Waals surface area contributed by atoms with Crippen molar-refractivity contribution in [3.05, 3.63) is 36.7 Å². The van der Waals surface area contributed by atoms with Crippen LogP contribution in [0.25, 0.3) is 0 Å². The molecular weight excluding hydrogens is 520 g/mol. The van der Waals surface area contributed by atoms with Crippen molar-refractivity contribution in [3.8, 4) is 0 Å². The van der Waals surface area contributed by atoms with Gasteiger partial charge < -0.3 is 44.9 Å². The Morgan fingerprint density at radius 3 is 2.00 bits per heavy atom. The summed E-state index contributed by atoms with van der Waals surface area (Å²) in [6.07, 6.45) is 7.94. The van der Waals surface area contributed by atoms with Gasteiger partial charge in [0.2, 0.25) is 17.8 Å². The zero-order valence-electron chi connectivity index (χ0n) is 25.8. The molecule has 222 valence electrons. The number of nitrogens with zero attached hydrogens (tertiary/aromatic N) is 7. The lowest BCUT2D eigenvalue weighted by molar-refractivity contribution is -0.116. The third-order valence-corrected chi connectivity index (χ3v) is 6.22. The van der Waals surface area contributed by atoms with Crippen molar-refractivity contribution < 1.29 is 4.79 Å². The molecule has 4 aromatic heterocycles. The molecule has 0 aromatic carbocycles. The molecule has 0 saturated heterocycles. The van der Waals surface area contributed by atoms with Crippen LogP contribution in [-0.2, 0) is 38.4 Å². The number of amides is 1. The van der Waals surface area contributed by atoms with Crippen LogP contribution < -0.4 is 26.6 Å². The van der Waals surface area contributed by atoms with Crippen LogP contribution >= 0.6 is 0 Å². The van der Waals surface area contributed by atoms with Gasteiger partial charge in [-0.3, -0.25) is 4.79 Å². The largest absolute Gasteiger partial charge is 0.379 e. The first-order valence-corrected chi connectivity index (χ1v) is 13.7. The van der Waals surface area contributed by atoms with Gasteiger partial charge in [-0.25, -0.2) is 4.98 Å². The number of hydrogen-bond donors (Lipinski definition) is 5. The topological polar surface area (TPSA) is 136 Å². The van der Waals surface area contributed by atoms with Gasteiger partial charge in [0, 0.05) is 83.0 Å². The van der Waals surface area contributed by atoms with Gasteiger partial charge in [0.1, 0.15) is 11.6 Å². The highest BCUT2D eigenvalue weighted by Crippen LogP contribution is 2.26. The molecule has 1 amide bonds. The normalized spacial score (nSPS) is 12.0. The molecule has 0 bridgehead atoms.